The fraction of sp³-hybridized carbons (Fsp3) is 0.118. The highest BCUT2D eigenvalue weighted by molar-refractivity contribution is 8.18. The third kappa shape index (κ3) is 4.50. The van der Waals surface area contributed by atoms with Crippen LogP contribution < -0.4 is 5.32 Å². The number of hydrogen-bond donors (Lipinski definition) is 1. The van der Waals surface area contributed by atoms with Gasteiger partial charge in [-0.3, -0.25) is 19.3 Å². The molecule has 1 N–H and O–H groups in total. The summed E-state index contributed by atoms with van der Waals surface area (Å²) in [7, 11) is 0. The fourth-order valence-electron chi connectivity index (χ4n) is 2.14. The molecule has 0 radical (unpaired) electrons. The molecule has 0 unspecified atom stereocenters. The third-order valence-corrected chi connectivity index (χ3v) is 5.37. The molecule has 2 aromatic rings. The van der Waals surface area contributed by atoms with E-state index in [9.17, 15) is 14.4 Å². The van der Waals surface area contributed by atoms with Gasteiger partial charge in [0.25, 0.3) is 11.1 Å². The van der Waals surface area contributed by atoms with E-state index >= 15 is 0 Å². The first-order valence-corrected chi connectivity index (χ1v) is 9.40. The van der Waals surface area contributed by atoms with E-state index < -0.39 is 17.1 Å². The number of imide groups is 1. The highest BCUT2D eigenvalue weighted by Gasteiger charge is 2.36. The molecule has 128 valence electrons. The van der Waals surface area contributed by atoms with Crippen molar-refractivity contribution < 1.29 is 14.4 Å². The lowest BCUT2D eigenvalue weighted by molar-refractivity contribution is -0.129. The second-order valence-corrected chi connectivity index (χ2v) is 7.60. The van der Waals surface area contributed by atoms with Gasteiger partial charge in [-0.15, -0.1) is 11.3 Å². The van der Waals surface area contributed by atoms with Crippen LogP contribution in [0.2, 0.25) is 5.02 Å². The van der Waals surface area contributed by atoms with Crippen molar-refractivity contribution in [2.45, 2.75) is 6.54 Å². The van der Waals surface area contributed by atoms with Crippen LogP contribution in [-0.4, -0.2) is 28.5 Å². The second-order valence-electron chi connectivity index (χ2n) is 5.19. The number of carbonyl (C=O) groups excluding carboxylic acids is 3. The lowest BCUT2D eigenvalue weighted by Crippen LogP contribution is -2.39. The molecule has 25 heavy (non-hydrogen) atoms. The van der Waals surface area contributed by atoms with E-state index in [4.69, 9.17) is 11.6 Å². The van der Waals surface area contributed by atoms with Gasteiger partial charge in [0.2, 0.25) is 5.91 Å². The third-order valence-electron chi connectivity index (χ3n) is 3.39. The first-order chi connectivity index (χ1) is 12.0. The Hall–Kier alpha value is -2.09. The number of thiophene rings is 1. The van der Waals surface area contributed by atoms with E-state index in [2.05, 4.69) is 5.32 Å². The van der Waals surface area contributed by atoms with E-state index in [-0.39, 0.29) is 6.54 Å². The molecule has 0 aliphatic carbocycles. The second kappa shape index (κ2) is 7.86. The Bertz CT molecular complexity index is 832. The fourth-order valence-corrected chi connectivity index (χ4v) is 3.83. The zero-order valence-electron chi connectivity index (χ0n) is 12.9. The predicted octanol–water partition coefficient (Wildman–Crippen LogP) is 3.75. The maximum atomic E-state index is 12.3. The number of carbonyl (C=O) groups is 3. The lowest BCUT2D eigenvalue weighted by atomic mass is 10.2. The van der Waals surface area contributed by atoms with Crippen LogP contribution in [0.1, 0.15) is 10.4 Å². The van der Waals surface area contributed by atoms with Crippen LogP contribution in [0.15, 0.2) is 46.7 Å². The molecule has 1 aliphatic rings. The number of nitrogens with zero attached hydrogens (tertiary/aromatic N) is 1. The van der Waals surface area contributed by atoms with Crippen LogP contribution in [0, 0.1) is 0 Å². The summed E-state index contributed by atoms with van der Waals surface area (Å²) in [5.74, 6) is -0.834. The molecule has 1 aromatic carbocycles. The average Bonchev–Trinajstić information content (AvgIpc) is 3.19. The molecule has 0 spiro atoms. The number of hydrogen-bond acceptors (Lipinski definition) is 5. The summed E-state index contributed by atoms with van der Waals surface area (Å²) in [5, 5.41) is 4.76. The Morgan fingerprint density at radius 2 is 1.96 bits per heavy atom. The van der Waals surface area contributed by atoms with Crippen LogP contribution in [-0.2, 0) is 16.1 Å². The van der Waals surface area contributed by atoms with Gasteiger partial charge >= 0.3 is 0 Å². The SMILES string of the molecule is O=C(CN1C(=O)S/C(=C\c2cccs2)C1=O)NCc1ccc(Cl)cc1. The summed E-state index contributed by atoms with van der Waals surface area (Å²) < 4.78 is 0. The van der Waals surface area contributed by atoms with Gasteiger partial charge in [0.1, 0.15) is 6.54 Å². The highest BCUT2D eigenvalue weighted by Crippen LogP contribution is 2.32. The Morgan fingerprint density at radius 1 is 1.20 bits per heavy atom. The summed E-state index contributed by atoms with van der Waals surface area (Å²) in [6.45, 7) is 0.0112. The first kappa shape index (κ1) is 17.7. The lowest BCUT2D eigenvalue weighted by Gasteiger charge is -2.12. The Kier molecular flexibility index (Phi) is 5.57. The van der Waals surface area contributed by atoms with Crippen molar-refractivity contribution in [2.24, 2.45) is 0 Å². The molecule has 3 amide bonds. The molecule has 1 saturated heterocycles. The topological polar surface area (TPSA) is 66.5 Å². The summed E-state index contributed by atoms with van der Waals surface area (Å²) in [5.41, 5.74) is 0.879. The van der Waals surface area contributed by atoms with Crippen molar-refractivity contribution in [1.29, 1.82) is 0 Å². The van der Waals surface area contributed by atoms with E-state index in [1.807, 2.05) is 17.5 Å². The van der Waals surface area contributed by atoms with Gasteiger partial charge in [-0.25, -0.2) is 0 Å². The smallest absolute Gasteiger partial charge is 0.294 e. The first-order valence-electron chi connectivity index (χ1n) is 7.33. The normalized spacial score (nSPS) is 15.9. The molecule has 1 aromatic heterocycles. The van der Waals surface area contributed by atoms with Crippen molar-refractivity contribution in [3.8, 4) is 0 Å². The Morgan fingerprint density at radius 3 is 2.64 bits per heavy atom. The Labute approximate surface area is 157 Å². The molecule has 1 aliphatic heterocycles. The van der Waals surface area contributed by atoms with Gasteiger partial charge in [-0.2, -0.15) is 0 Å². The maximum absolute atomic E-state index is 12.3. The molecule has 2 heterocycles. The van der Waals surface area contributed by atoms with Crippen LogP contribution >= 0.6 is 34.7 Å². The van der Waals surface area contributed by atoms with Crippen molar-refractivity contribution in [1.82, 2.24) is 10.2 Å². The molecule has 0 bridgehead atoms. The number of halogens is 1. The van der Waals surface area contributed by atoms with Crippen molar-refractivity contribution >= 4 is 57.8 Å². The Balaban J connectivity index is 1.58. The zero-order chi connectivity index (χ0) is 17.8. The van der Waals surface area contributed by atoms with E-state index in [1.54, 1.807) is 30.3 Å². The van der Waals surface area contributed by atoms with E-state index in [1.165, 1.54) is 11.3 Å². The van der Waals surface area contributed by atoms with Crippen molar-refractivity contribution in [3.05, 3.63) is 62.1 Å². The van der Waals surface area contributed by atoms with Gasteiger partial charge in [0.15, 0.2) is 0 Å². The summed E-state index contributed by atoms with van der Waals surface area (Å²) >= 11 is 8.13. The van der Waals surface area contributed by atoms with Crippen molar-refractivity contribution in [3.63, 3.8) is 0 Å². The van der Waals surface area contributed by atoms with Crippen molar-refractivity contribution in [2.75, 3.05) is 6.54 Å². The summed E-state index contributed by atoms with van der Waals surface area (Å²) in [6.07, 6.45) is 1.67. The van der Waals surface area contributed by atoms with Gasteiger partial charge in [-0.1, -0.05) is 29.8 Å². The van der Waals surface area contributed by atoms with Crippen LogP contribution in [0.25, 0.3) is 6.08 Å². The minimum Gasteiger partial charge on any atom is -0.350 e. The van der Waals surface area contributed by atoms with Gasteiger partial charge in [-0.05, 0) is 47.0 Å². The van der Waals surface area contributed by atoms with Crippen LogP contribution in [0.3, 0.4) is 0 Å². The monoisotopic (exact) mass is 392 g/mol. The van der Waals surface area contributed by atoms with Crippen LogP contribution in [0.5, 0.6) is 0 Å². The van der Waals surface area contributed by atoms with Crippen LogP contribution in [0.4, 0.5) is 4.79 Å². The number of nitrogens with one attached hydrogen (secondary N) is 1. The standard InChI is InChI=1S/C17H13ClN2O3S2/c18-12-5-3-11(4-6-12)9-19-15(21)10-20-16(22)14(25-17(20)23)8-13-2-1-7-24-13/h1-8H,9-10H2,(H,19,21)/b14-8-. The molecule has 5 nitrogen and oxygen atoms in total. The summed E-state index contributed by atoms with van der Waals surface area (Å²) in [4.78, 5) is 38.5. The zero-order valence-corrected chi connectivity index (χ0v) is 15.3. The molecular weight excluding hydrogens is 380 g/mol. The predicted molar refractivity (Wildman–Crippen MR) is 100 cm³/mol. The molecule has 0 saturated carbocycles. The number of thioether (sulfide) groups is 1. The van der Waals surface area contributed by atoms with Gasteiger partial charge in [0, 0.05) is 16.4 Å². The number of benzene rings is 1. The average molecular weight is 393 g/mol. The molecule has 0 atom stereocenters. The number of amides is 3. The summed E-state index contributed by atoms with van der Waals surface area (Å²) in [6, 6.07) is 10.8. The van der Waals surface area contributed by atoms with Gasteiger partial charge in [0.05, 0.1) is 4.91 Å². The van der Waals surface area contributed by atoms with E-state index in [0.29, 0.717) is 16.5 Å². The molecule has 1 fully saturated rings. The van der Waals surface area contributed by atoms with E-state index in [0.717, 1.165) is 27.1 Å². The minimum atomic E-state index is -0.440. The highest BCUT2D eigenvalue weighted by atomic mass is 35.5. The number of rotatable bonds is 5. The quantitative estimate of drug-likeness (QED) is 0.787. The molecule has 8 heteroatoms. The minimum absolute atomic E-state index is 0.292. The molecular formula is C17H13ClN2O3S2. The largest absolute Gasteiger partial charge is 0.350 e. The maximum Gasteiger partial charge on any atom is 0.294 e. The van der Waals surface area contributed by atoms with Gasteiger partial charge < -0.3 is 5.32 Å². The molecule has 3 rings (SSSR count).